The van der Waals surface area contributed by atoms with E-state index >= 15 is 0 Å². The number of hydrogen-bond donors (Lipinski definition) is 1. The van der Waals surface area contributed by atoms with Crippen molar-refractivity contribution in [2.24, 2.45) is 0 Å². The highest BCUT2D eigenvalue weighted by molar-refractivity contribution is 8.00. The summed E-state index contributed by atoms with van der Waals surface area (Å²) in [5, 5.41) is 10.3. The first-order valence-corrected chi connectivity index (χ1v) is 8.42. The minimum atomic E-state index is -0.299. The van der Waals surface area contributed by atoms with Crippen LogP contribution in [0.15, 0.2) is 35.2 Å². The minimum absolute atomic E-state index is 0.0722. The summed E-state index contributed by atoms with van der Waals surface area (Å²) >= 11 is 1.81. The molecule has 0 unspecified atom stereocenters. The number of amides is 1. The molecule has 0 aliphatic carbocycles. The summed E-state index contributed by atoms with van der Waals surface area (Å²) < 4.78 is 5.19. The van der Waals surface area contributed by atoms with E-state index in [0.29, 0.717) is 24.7 Å². The Balaban J connectivity index is 1.76. The quantitative estimate of drug-likeness (QED) is 0.933. The largest absolute Gasteiger partial charge is 0.450 e. The third kappa shape index (κ3) is 3.04. The summed E-state index contributed by atoms with van der Waals surface area (Å²) in [6.07, 6.45) is 1.73. The minimum Gasteiger partial charge on any atom is -0.450 e. The van der Waals surface area contributed by atoms with E-state index in [1.807, 2.05) is 41.8 Å². The van der Waals surface area contributed by atoms with E-state index in [9.17, 15) is 9.90 Å². The molecule has 0 spiro atoms. The molecule has 21 heavy (non-hydrogen) atoms. The van der Waals surface area contributed by atoms with Gasteiger partial charge >= 0.3 is 6.09 Å². The molecule has 0 radical (unpaired) electrons. The van der Waals surface area contributed by atoms with Crippen LogP contribution in [0.3, 0.4) is 0 Å². The van der Waals surface area contributed by atoms with Gasteiger partial charge in [-0.1, -0.05) is 18.2 Å². The average Bonchev–Trinajstić information content (AvgIpc) is 2.69. The summed E-state index contributed by atoms with van der Waals surface area (Å²) in [5.74, 6) is 0. The fourth-order valence-corrected chi connectivity index (χ4v) is 4.82. The van der Waals surface area contributed by atoms with Crippen LogP contribution in [0.25, 0.3) is 0 Å². The molecular weight excluding hydrogens is 286 g/mol. The van der Waals surface area contributed by atoms with Crippen molar-refractivity contribution in [1.82, 2.24) is 4.90 Å². The van der Waals surface area contributed by atoms with Crippen molar-refractivity contribution in [3.63, 3.8) is 0 Å². The van der Waals surface area contributed by atoms with Crippen molar-refractivity contribution >= 4 is 17.9 Å². The van der Waals surface area contributed by atoms with Crippen LogP contribution in [0.1, 0.15) is 26.2 Å². The van der Waals surface area contributed by atoms with Crippen LogP contribution in [-0.4, -0.2) is 46.1 Å². The predicted octanol–water partition coefficient (Wildman–Crippen LogP) is 2.90. The molecule has 1 aromatic carbocycles. The Kier molecular flexibility index (Phi) is 4.40. The van der Waals surface area contributed by atoms with Crippen molar-refractivity contribution < 1.29 is 14.6 Å². The lowest BCUT2D eigenvalue weighted by Gasteiger charge is -2.37. The molecule has 4 atom stereocenters. The fraction of sp³-hybridized carbons (Fsp3) is 0.562. The maximum Gasteiger partial charge on any atom is 0.410 e. The van der Waals surface area contributed by atoms with Crippen LogP contribution < -0.4 is 0 Å². The van der Waals surface area contributed by atoms with Gasteiger partial charge in [-0.3, -0.25) is 0 Å². The highest BCUT2D eigenvalue weighted by atomic mass is 32.2. The smallest absolute Gasteiger partial charge is 0.410 e. The van der Waals surface area contributed by atoms with E-state index in [1.54, 1.807) is 0 Å². The van der Waals surface area contributed by atoms with Crippen molar-refractivity contribution in [1.29, 1.82) is 0 Å². The molecule has 2 aliphatic heterocycles. The summed E-state index contributed by atoms with van der Waals surface area (Å²) in [4.78, 5) is 15.3. The highest BCUT2D eigenvalue weighted by Crippen LogP contribution is 2.44. The van der Waals surface area contributed by atoms with Crippen LogP contribution in [0, 0.1) is 0 Å². The van der Waals surface area contributed by atoms with E-state index in [2.05, 4.69) is 12.1 Å². The van der Waals surface area contributed by atoms with Crippen LogP contribution in [0.5, 0.6) is 0 Å². The lowest BCUT2D eigenvalue weighted by molar-refractivity contribution is 0.0267. The summed E-state index contributed by atoms with van der Waals surface area (Å²) in [5.41, 5.74) is 0. The molecule has 2 aliphatic rings. The third-order valence-corrected chi connectivity index (χ3v) is 5.60. The molecule has 114 valence electrons. The number of thioether (sulfide) groups is 1. The summed E-state index contributed by atoms with van der Waals surface area (Å²) in [6, 6.07) is 10.4. The lowest BCUT2D eigenvalue weighted by atomic mass is 10.0. The van der Waals surface area contributed by atoms with Gasteiger partial charge < -0.3 is 14.7 Å². The number of piperidine rings is 1. The van der Waals surface area contributed by atoms with Gasteiger partial charge in [-0.15, -0.1) is 11.8 Å². The van der Waals surface area contributed by atoms with Crippen LogP contribution in [0.4, 0.5) is 4.79 Å². The summed E-state index contributed by atoms with van der Waals surface area (Å²) in [6.45, 7) is 2.22. The molecule has 2 saturated heterocycles. The van der Waals surface area contributed by atoms with Crippen molar-refractivity contribution in [3.8, 4) is 0 Å². The molecule has 1 N–H and O–H groups in total. The normalized spacial score (nSPS) is 31.2. The van der Waals surface area contributed by atoms with E-state index in [0.717, 1.165) is 6.42 Å². The Bertz CT molecular complexity index is 496. The second-order valence-electron chi connectivity index (χ2n) is 5.66. The number of rotatable bonds is 3. The highest BCUT2D eigenvalue weighted by Gasteiger charge is 2.49. The number of nitrogens with zero attached hydrogens (tertiary/aromatic N) is 1. The van der Waals surface area contributed by atoms with Crippen molar-refractivity contribution in [2.75, 3.05) is 6.61 Å². The maximum absolute atomic E-state index is 12.2. The third-order valence-electron chi connectivity index (χ3n) is 4.25. The van der Waals surface area contributed by atoms with Gasteiger partial charge in [-0.05, 0) is 38.3 Å². The van der Waals surface area contributed by atoms with Crippen molar-refractivity contribution in [3.05, 3.63) is 30.3 Å². The van der Waals surface area contributed by atoms with E-state index < -0.39 is 0 Å². The van der Waals surface area contributed by atoms with Gasteiger partial charge in [0.15, 0.2) is 0 Å². The Morgan fingerprint density at radius 3 is 2.81 bits per heavy atom. The van der Waals surface area contributed by atoms with Crippen LogP contribution in [-0.2, 0) is 4.74 Å². The van der Waals surface area contributed by atoms with Gasteiger partial charge in [0.05, 0.1) is 18.8 Å². The number of aliphatic hydroxyl groups is 1. The number of benzene rings is 1. The molecule has 2 heterocycles. The number of hydrogen-bond acceptors (Lipinski definition) is 4. The number of carbonyl (C=O) groups excluding carboxylic acids is 1. The predicted molar refractivity (Wildman–Crippen MR) is 82.4 cm³/mol. The van der Waals surface area contributed by atoms with Crippen LogP contribution >= 0.6 is 11.8 Å². The SMILES string of the molecule is CCOC(=O)N1[C@H]2C[C@H](O)C[C@@H]1[C@@H](Sc1ccccc1)C2. The van der Waals surface area contributed by atoms with E-state index in [4.69, 9.17) is 4.74 Å². The van der Waals surface area contributed by atoms with Gasteiger partial charge in [0.25, 0.3) is 0 Å². The van der Waals surface area contributed by atoms with Gasteiger partial charge in [0, 0.05) is 16.2 Å². The second kappa shape index (κ2) is 6.28. The number of ether oxygens (including phenoxy) is 1. The maximum atomic E-state index is 12.2. The lowest BCUT2D eigenvalue weighted by Crippen LogP contribution is -2.49. The molecule has 2 bridgehead atoms. The fourth-order valence-electron chi connectivity index (χ4n) is 3.44. The summed E-state index contributed by atoms with van der Waals surface area (Å²) in [7, 11) is 0. The standard InChI is InChI=1S/C16H21NO3S/c1-2-20-16(19)17-11-8-12(18)10-14(17)15(9-11)21-13-6-4-3-5-7-13/h3-7,11-12,14-15,18H,2,8-10H2,1H3/t11-,12-,14+,15-/m0/s1. The monoisotopic (exact) mass is 307 g/mol. The molecule has 4 nitrogen and oxygen atoms in total. The average molecular weight is 307 g/mol. The first-order valence-electron chi connectivity index (χ1n) is 7.54. The molecule has 0 aromatic heterocycles. The molecule has 2 fully saturated rings. The van der Waals surface area contributed by atoms with Crippen LogP contribution in [0.2, 0.25) is 0 Å². The second-order valence-corrected chi connectivity index (χ2v) is 6.97. The zero-order valence-electron chi connectivity index (χ0n) is 12.1. The van der Waals surface area contributed by atoms with E-state index in [-0.39, 0.29) is 24.3 Å². The van der Waals surface area contributed by atoms with Gasteiger partial charge in [0.2, 0.25) is 0 Å². The van der Waals surface area contributed by atoms with Gasteiger partial charge in [-0.2, -0.15) is 0 Å². The molecule has 0 saturated carbocycles. The van der Waals surface area contributed by atoms with Gasteiger partial charge in [0.1, 0.15) is 0 Å². The number of carbonyl (C=O) groups is 1. The number of fused-ring (bicyclic) bond motifs is 2. The Hall–Kier alpha value is -1.20. The Morgan fingerprint density at radius 1 is 1.33 bits per heavy atom. The first kappa shape index (κ1) is 14.7. The Labute approximate surface area is 129 Å². The molecule has 1 aromatic rings. The molecule has 3 rings (SSSR count). The van der Waals surface area contributed by atoms with Crippen molar-refractivity contribution in [2.45, 2.75) is 54.5 Å². The topological polar surface area (TPSA) is 49.8 Å². The van der Waals surface area contributed by atoms with E-state index in [1.165, 1.54) is 4.90 Å². The number of aliphatic hydroxyl groups excluding tert-OH is 1. The first-order chi connectivity index (χ1) is 10.2. The molecular formula is C16H21NO3S. The zero-order chi connectivity index (χ0) is 14.8. The molecule has 5 heteroatoms. The zero-order valence-corrected chi connectivity index (χ0v) is 13.0. The Morgan fingerprint density at radius 2 is 2.10 bits per heavy atom. The van der Waals surface area contributed by atoms with Gasteiger partial charge in [-0.25, -0.2) is 4.79 Å². The molecule has 1 amide bonds.